The molecular weight excluding hydrogens is 354 g/mol. The molecule has 0 unspecified atom stereocenters. The second-order valence-electron chi connectivity index (χ2n) is 3.81. The summed E-state index contributed by atoms with van der Waals surface area (Å²) in [5, 5.41) is 8.94. The van der Waals surface area contributed by atoms with E-state index in [2.05, 4.69) is 25.4 Å². The van der Waals surface area contributed by atoms with Gasteiger partial charge in [0.15, 0.2) is 0 Å². The zero-order chi connectivity index (χ0) is 15.5. The lowest BCUT2D eigenvalue weighted by Gasteiger charge is -2.12. The fourth-order valence-corrected chi connectivity index (χ4v) is 3.00. The third-order valence-electron chi connectivity index (χ3n) is 2.37. The first kappa shape index (κ1) is 16.6. The lowest BCUT2D eigenvalue weighted by atomic mass is 10.2. The third kappa shape index (κ3) is 3.78. The van der Waals surface area contributed by atoms with Crippen LogP contribution in [0, 0.1) is 0 Å². The monoisotopic (exact) mass is 365 g/mol. The summed E-state index contributed by atoms with van der Waals surface area (Å²) >= 11 is 3.01. The number of hydrogen-bond acceptors (Lipinski definition) is 5. The zero-order valence-corrected chi connectivity index (χ0v) is 13.0. The van der Waals surface area contributed by atoms with Gasteiger partial charge in [0.1, 0.15) is 6.04 Å². The van der Waals surface area contributed by atoms with Crippen molar-refractivity contribution in [3.05, 3.63) is 28.2 Å². The van der Waals surface area contributed by atoms with E-state index < -0.39 is 28.0 Å². The van der Waals surface area contributed by atoms with Crippen LogP contribution in [0.2, 0.25) is 0 Å². The topological polar surface area (TPSA) is 110 Å². The molecule has 0 bridgehead atoms. The van der Waals surface area contributed by atoms with E-state index in [1.165, 1.54) is 19.1 Å². The Morgan fingerprint density at radius 3 is 2.50 bits per heavy atom. The number of benzene rings is 1. The van der Waals surface area contributed by atoms with Crippen molar-refractivity contribution in [1.29, 1.82) is 0 Å². The highest BCUT2D eigenvalue weighted by Crippen LogP contribution is 2.21. The fourth-order valence-electron chi connectivity index (χ4n) is 1.36. The van der Waals surface area contributed by atoms with Gasteiger partial charge >= 0.3 is 11.9 Å². The maximum atomic E-state index is 12.0. The standard InChI is InChI=1S/C11H12BrNO6S/c1-6(11(16)19-2)13-20(17,18)7-3-4-9(12)8(5-7)10(14)15/h3-6,13H,1-2H3,(H,14,15)/t6-/m0/s1. The number of carboxylic acids is 1. The predicted octanol–water partition coefficient (Wildman–Crippen LogP) is 0.987. The zero-order valence-electron chi connectivity index (χ0n) is 10.6. The van der Waals surface area contributed by atoms with Crippen molar-refractivity contribution >= 4 is 37.9 Å². The molecule has 1 atom stereocenters. The van der Waals surface area contributed by atoms with E-state index in [0.29, 0.717) is 0 Å². The van der Waals surface area contributed by atoms with E-state index in [4.69, 9.17) is 5.11 Å². The molecule has 0 amide bonds. The number of carbonyl (C=O) groups is 2. The summed E-state index contributed by atoms with van der Waals surface area (Å²) in [6.07, 6.45) is 0. The SMILES string of the molecule is COC(=O)[C@H](C)NS(=O)(=O)c1ccc(Br)c(C(=O)O)c1. The molecule has 0 aliphatic heterocycles. The smallest absolute Gasteiger partial charge is 0.336 e. The molecule has 0 spiro atoms. The molecule has 1 aromatic carbocycles. The largest absolute Gasteiger partial charge is 0.478 e. The second kappa shape index (κ2) is 6.33. The fraction of sp³-hybridized carbons (Fsp3) is 0.273. The van der Waals surface area contributed by atoms with Gasteiger partial charge in [0.05, 0.1) is 17.6 Å². The van der Waals surface area contributed by atoms with Gasteiger partial charge in [0.2, 0.25) is 10.0 Å². The summed E-state index contributed by atoms with van der Waals surface area (Å²) in [4.78, 5) is 21.9. The third-order valence-corrected chi connectivity index (χ3v) is 4.60. The number of methoxy groups -OCH3 is 1. The van der Waals surface area contributed by atoms with E-state index in [-0.39, 0.29) is 14.9 Å². The van der Waals surface area contributed by atoms with Gasteiger partial charge < -0.3 is 9.84 Å². The first-order valence-electron chi connectivity index (χ1n) is 5.32. The average molecular weight is 366 g/mol. The summed E-state index contributed by atoms with van der Waals surface area (Å²) < 4.78 is 30.8. The van der Waals surface area contributed by atoms with E-state index >= 15 is 0 Å². The Kier molecular flexibility index (Phi) is 5.26. The number of hydrogen-bond donors (Lipinski definition) is 2. The predicted molar refractivity (Wildman–Crippen MR) is 72.9 cm³/mol. The van der Waals surface area contributed by atoms with Crippen molar-refractivity contribution in [1.82, 2.24) is 4.72 Å². The number of aromatic carboxylic acids is 1. The Balaban J connectivity index is 3.13. The van der Waals surface area contributed by atoms with Crippen molar-refractivity contribution in [3.8, 4) is 0 Å². The van der Waals surface area contributed by atoms with Crippen LogP contribution in [0.3, 0.4) is 0 Å². The molecule has 20 heavy (non-hydrogen) atoms. The lowest BCUT2D eigenvalue weighted by molar-refractivity contribution is -0.142. The molecule has 0 heterocycles. The van der Waals surface area contributed by atoms with Gasteiger partial charge in [-0.05, 0) is 41.1 Å². The minimum atomic E-state index is -4.02. The van der Waals surface area contributed by atoms with E-state index in [0.717, 1.165) is 13.2 Å². The van der Waals surface area contributed by atoms with Gasteiger partial charge in [-0.3, -0.25) is 4.79 Å². The van der Waals surface area contributed by atoms with Crippen LogP contribution >= 0.6 is 15.9 Å². The lowest BCUT2D eigenvalue weighted by Crippen LogP contribution is -2.39. The molecule has 2 N–H and O–H groups in total. The normalized spacial score (nSPS) is 12.8. The van der Waals surface area contributed by atoms with Crippen LogP contribution in [-0.2, 0) is 19.6 Å². The van der Waals surface area contributed by atoms with Crippen LogP contribution in [0.15, 0.2) is 27.6 Å². The number of halogens is 1. The second-order valence-corrected chi connectivity index (χ2v) is 6.38. The number of rotatable bonds is 5. The van der Waals surface area contributed by atoms with Gasteiger partial charge in [-0.25, -0.2) is 13.2 Å². The molecule has 0 aromatic heterocycles. The van der Waals surface area contributed by atoms with Gasteiger partial charge in [-0.2, -0.15) is 4.72 Å². The van der Waals surface area contributed by atoms with Gasteiger partial charge in [-0.1, -0.05) is 0 Å². The van der Waals surface area contributed by atoms with Crippen LogP contribution in [0.25, 0.3) is 0 Å². The molecule has 7 nitrogen and oxygen atoms in total. The molecule has 1 aromatic rings. The van der Waals surface area contributed by atoms with Crippen molar-refractivity contribution < 1.29 is 27.9 Å². The molecule has 1 rings (SSSR count). The summed E-state index contributed by atoms with van der Waals surface area (Å²) in [6.45, 7) is 1.32. The van der Waals surface area contributed by atoms with Gasteiger partial charge in [-0.15, -0.1) is 0 Å². The minimum absolute atomic E-state index is 0.196. The van der Waals surface area contributed by atoms with Crippen molar-refractivity contribution in [2.75, 3.05) is 7.11 Å². The number of sulfonamides is 1. The molecule has 0 saturated carbocycles. The first-order valence-corrected chi connectivity index (χ1v) is 7.59. The number of esters is 1. The Labute approximate surface area is 124 Å². The van der Waals surface area contributed by atoms with Gasteiger partial charge in [0, 0.05) is 4.47 Å². The van der Waals surface area contributed by atoms with Crippen LogP contribution in [-0.4, -0.2) is 38.6 Å². The maximum Gasteiger partial charge on any atom is 0.336 e. The summed E-state index contributed by atoms with van der Waals surface area (Å²) in [5.74, 6) is -2.01. The average Bonchev–Trinajstić information content (AvgIpc) is 2.36. The van der Waals surface area contributed by atoms with E-state index in [1.54, 1.807) is 0 Å². The Hall–Kier alpha value is -1.45. The molecule has 0 aliphatic carbocycles. The van der Waals surface area contributed by atoms with Crippen LogP contribution in [0.1, 0.15) is 17.3 Å². The van der Waals surface area contributed by atoms with Gasteiger partial charge in [0.25, 0.3) is 0 Å². The maximum absolute atomic E-state index is 12.0. The highest BCUT2D eigenvalue weighted by Gasteiger charge is 2.24. The van der Waals surface area contributed by atoms with E-state index in [9.17, 15) is 18.0 Å². The number of carboxylic acid groups (broad SMARTS) is 1. The molecule has 0 saturated heterocycles. The van der Waals surface area contributed by atoms with Crippen molar-refractivity contribution in [3.63, 3.8) is 0 Å². The highest BCUT2D eigenvalue weighted by molar-refractivity contribution is 9.10. The number of carbonyl (C=O) groups excluding carboxylic acids is 1. The highest BCUT2D eigenvalue weighted by atomic mass is 79.9. The Morgan fingerprint density at radius 2 is 2.00 bits per heavy atom. The van der Waals surface area contributed by atoms with Crippen molar-refractivity contribution in [2.24, 2.45) is 0 Å². The van der Waals surface area contributed by atoms with E-state index in [1.807, 2.05) is 0 Å². The molecule has 110 valence electrons. The molecular formula is C11H12BrNO6S. The van der Waals surface area contributed by atoms with Crippen LogP contribution in [0.4, 0.5) is 0 Å². The Morgan fingerprint density at radius 1 is 1.40 bits per heavy atom. The van der Waals surface area contributed by atoms with Crippen molar-refractivity contribution in [2.45, 2.75) is 17.9 Å². The quantitative estimate of drug-likeness (QED) is 0.752. The summed E-state index contributed by atoms with van der Waals surface area (Å²) in [5.41, 5.74) is -0.196. The minimum Gasteiger partial charge on any atom is -0.478 e. The molecule has 0 fully saturated rings. The first-order chi connectivity index (χ1) is 9.19. The molecule has 9 heteroatoms. The summed E-state index contributed by atoms with van der Waals surface area (Å²) in [7, 11) is -2.89. The van der Waals surface area contributed by atoms with Crippen LogP contribution in [0.5, 0.6) is 0 Å². The number of ether oxygens (including phenoxy) is 1. The van der Waals surface area contributed by atoms with Crippen LogP contribution < -0.4 is 4.72 Å². The summed E-state index contributed by atoms with van der Waals surface area (Å²) in [6, 6.07) is 2.45. The Bertz CT molecular complexity index is 642. The molecule has 0 aliphatic rings. The molecule has 0 radical (unpaired) electrons. The number of nitrogens with one attached hydrogen (secondary N) is 1.